The van der Waals surface area contributed by atoms with Crippen LogP contribution >= 0.6 is 18.1 Å². The fraction of sp³-hybridized carbons (Fsp3) is 0.538. The maximum absolute atomic E-state index is 5.12. The molecule has 0 aliphatic carbocycles. The summed E-state index contributed by atoms with van der Waals surface area (Å²) >= 11 is 6.97. The molecule has 1 fully saturated rings. The number of benzene rings is 1. The van der Waals surface area contributed by atoms with Gasteiger partial charge in [-0.05, 0) is 30.4 Å². The lowest BCUT2D eigenvalue weighted by Gasteiger charge is -2.31. The molecule has 17 heavy (non-hydrogen) atoms. The average Bonchev–Trinajstić information content (AvgIpc) is 2.40. The van der Waals surface area contributed by atoms with Gasteiger partial charge in [0.25, 0.3) is 0 Å². The Labute approximate surface area is 115 Å². The van der Waals surface area contributed by atoms with E-state index in [2.05, 4.69) is 35.5 Å². The third-order valence-corrected chi connectivity index (χ3v) is 5.73. The lowest BCUT2D eigenvalue weighted by Crippen LogP contribution is -2.26. The highest BCUT2D eigenvalue weighted by atomic mass is 32.9. The van der Waals surface area contributed by atoms with Crippen molar-refractivity contribution in [3.8, 4) is 0 Å². The number of nitrogens with zero attached hydrogens (tertiary/aromatic N) is 1. The van der Waals surface area contributed by atoms with Crippen LogP contribution in [-0.2, 0) is 18.2 Å². The summed E-state index contributed by atoms with van der Waals surface area (Å²) in [6.07, 6.45) is 5.06. The van der Waals surface area contributed by atoms with Crippen molar-refractivity contribution in [1.82, 2.24) is 4.31 Å². The fourth-order valence-electron chi connectivity index (χ4n) is 2.37. The zero-order valence-corrected chi connectivity index (χ0v) is 12.8. The first-order chi connectivity index (χ1) is 8.35. The summed E-state index contributed by atoms with van der Waals surface area (Å²) < 4.78 is 2.50. The summed E-state index contributed by atoms with van der Waals surface area (Å²) in [5, 5.41) is 0. The minimum atomic E-state index is 0.543. The molecule has 1 aromatic rings. The van der Waals surface area contributed by atoms with Crippen molar-refractivity contribution in [2.24, 2.45) is 0 Å². The summed E-state index contributed by atoms with van der Waals surface area (Å²) in [6.45, 7) is 3.94. The van der Waals surface area contributed by atoms with Gasteiger partial charge in [-0.15, -0.1) is 0 Å². The average molecular weight is 284 g/mol. The molecule has 92 valence electrons. The Morgan fingerprint density at radius 2 is 2.12 bits per heavy atom. The number of piperidine rings is 1. The summed E-state index contributed by atoms with van der Waals surface area (Å²) in [5.74, 6) is 0. The fourth-order valence-corrected chi connectivity index (χ4v) is 4.85. The molecule has 0 saturated carbocycles. The molecule has 0 aromatic heterocycles. The summed E-state index contributed by atoms with van der Waals surface area (Å²) in [4.78, 5) is 0. The number of hydrogen-bond acceptors (Lipinski definition) is 3. The molecule has 1 saturated heterocycles. The lowest BCUT2D eigenvalue weighted by atomic mass is 9.96. The zero-order chi connectivity index (χ0) is 12.1. The Balaban J connectivity index is 2.14. The van der Waals surface area contributed by atoms with Gasteiger partial charge in [-0.3, -0.25) is 0 Å². The van der Waals surface area contributed by atoms with Crippen molar-refractivity contribution in [1.29, 1.82) is 0 Å². The number of aryl methyl sites for hydroxylation is 1. The van der Waals surface area contributed by atoms with Crippen LogP contribution in [-0.4, -0.2) is 10.8 Å². The first kappa shape index (κ1) is 13.5. The van der Waals surface area contributed by atoms with Gasteiger partial charge in [0.1, 0.15) is 0 Å². The van der Waals surface area contributed by atoms with Gasteiger partial charge in [0, 0.05) is 12.6 Å². The Morgan fingerprint density at radius 3 is 2.76 bits per heavy atom. The quantitative estimate of drug-likeness (QED) is 0.593. The van der Waals surface area contributed by atoms with E-state index in [1.807, 2.05) is 11.6 Å². The third kappa shape index (κ3) is 3.51. The van der Waals surface area contributed by atoms with Gasteiger partial charge in [0.05, 0.1) is 0 Å². The lowest BCUT2D eigenvalue weighted by molar-refractivity contribution is 0.281. The molecule has 2 atom stereocenters. The molecule has 1 nitrogen and oxygen atoms in total. The Morgan fingerprint density at radius 1 is 1.35 bits per heavy atom. The van der Waals surface area contributed by atoms with E-state index in [9.17, 15) is 0 Å². The maximum atomic E-state index is 5.12. The maximum Gasteiger partial charge on any atom is 0.247 e. The third-order valence-electron chi connectivity index (χ3n) is 3.38. The van der Waals surface area contributed by atoms with E-state index in [0.29, 0.717) is 12.6 Å². The van der Waals surface area contributed by atoms with Crippen molar-refractivity contribution in [2.75, 3.05) is 6.54 Å². The second-order valence-corrected chi connectivity index (χ2v) is 7.79. The molecule has 0 amide bonds. The van der Waals surface area contributed by atoms with E-state index in [1.165, 1.54) is 36.9 Å². The molecule has 0 spiro atoms. The Kier molecular flexibility index (Phi) is 5.43. The van der Waals surface area contributed by atoms with Crippen LogP contribution in [0.4, 0.5) is 0 Å². The van der Waals surface area contributed by atoms with E-state index >= 15 is 0 Å². The monoisotopic (exact) mass is 284 g/mol. The molecule has 4 heteroatoms. The van der Waals surface area contributed by atoms with E-state index in [1.54, 1.807) is 0 Å². The number of hydrogen-bond donors (Lipinski definition) is 0. The van der Waals surface area contributed by atoms with Crippen molar-refractivity contribution in [3.05, 3.63) is 35.4 Å². The topological polar surface area (TPSA) is 3.24 Å². The van der Waals surface area contributed by atoms with Crippen LogP contribution in [0.5, 0.6) is 0 Å². The van der Waals surface area contributed by atoms with Crippen molar-refractivity contribution in [2.45, 2.75) is 38.6 Å². The number of rotatable bonds is 4. The van der Waals surface area contributed by atoms with Gasteiger partial charge < -0.3 is 0 Å². The van der Waals surface area contributed by atoms with Gasteiger partial charge in [-0.1, -0.05) is 37.6 Å². The molecule has 1 aliphatic heterocycles. The molecular weight excluding hydrogens is 265 g/mol. The van der Waals surface area contributed by atoms with Gasteiger partial charge in [-0.2, -0.15) is 0 Å². The van der Waals surface area contributed by atoms with E-state index in [0.717, 1.165) is 6.42 Å². The molecule has 1 aliphatic rings. The highest BCUT2D eigenvalue weighted by molar-refractivity contribution is 8.56. The zero-order valence-electron chi connectivity index (χ0n) is 10.2. The van der Waals surface area contributed by atoms with Crippen molar-refractivity contribution in [3.63, 3.8) is 0 Å². The smallest absolute Gasteiger partial charge is 0.202 e. The Hall–Kier alpha value is 0.0500. The highest BCUT2D eigenvalue weighted by Gasteiger charge is 2.26. The van der Waals surface area contributed by atoms with Crippen LogP contribution in [0.15, 0.2) is 24.3 Å². The normalized spacial score (nSPS) is 21.8. The van der Waals surface area contributed by atoms with Crippen LogP contribution in [0.2, 0.25) is 0 Å². The van der Waals surface area contributed by atoms with Crippen molar-refractivity contribution >= 4 is 29.9 Å². The molecule has 2 unspecified atom stereocenters. The van der Waals surface area contributed by atoms with E-state index in [-0.39, 0.29) is 0 Å². The molecule has 0 radical (unpaired) electrons. The van der Waals surface area contributed by atoms with Crippen LogP contribution < -0.4 is 0 Å². The SMILES string of the molecule is CCc1ccc(C2CCCCN2S[PH+]=S)cc1. The Bertz CT molecular complexity index is 366. The van der Waals surface area contributed by atoms with Crippen LogP contribution in [0.25, 0.3) is 0 Å². The van der Waals surface area contributed by atoms with Crippen LogP contribution in [0.3, 0.4) is 0 Å². The minimum Gasteiger partial charge on any atom is -0.202 e. The largest absolute Gasteiger partial charge is 0.247 e. The van der Waals surface area contributed by atoms with Gasteiger partial charge in [0.15, 0.2) is 23.4 Å². The molecular formula is C13H19NPS2+. The van der Waals surface area contributed by atoms with E-state index < -0.39 is 0 Å². The minimum absolute atomic E-state index is 0.543. The molecule has 1 heterocycles. The first-order valence-corrected chi connectivity index (χ1v) is 9.88. The highest BCUT2D eigenvalue weighted by Crippen LogP contribution is 2.39. The molecule has 0 bridgehead atoms. The van der Waals surface area contributed by atoms with E-state index in [4.69, 9.17) is 11.8 Å². The second-order valence-electron chi connectivity index (χ2n) is 4.42. The van der Waals surface area contributed by atoms with Crippen LogP contribution in [0, 0.1) is 0 Å². The van der Waals surface area contributed by atoms with Gasteiger partial charge in [-0.25, -0.2) is 4.31 Å². The van der Waals surface area contributed by atoms with Gasteiger partial charge >= 0.3 is 0 Å². The van der Waals surface area contributed by atoms with Gasteiger partial charge in [0.2, 0.25) is 6.56 Å². The predicted octanol–water partition coefficient (Wildman–Crippen LogP) is 4.48. The summed E-state index contributed by atoms with van der Waals surface area (Å²) in [6, 6.07) is 9.71. The summed E-state index contributed by atoms with van der Waals surface area (Å²) in [5.41, 5.74) is 2.89. The van der Waals surface area contributed by atoms with Crippen molar-refractivity contribution < 1.29 is 0 Å². The standard InChI is InChI=1S/C13H18NPS2/c1-2-11-6-8-12(9-7-11)13-5-3-4-10-14(13)17-15-16/h6-9,13H,2-5,10H2,1H3/p+1. The molecule has 1 aromatic carbocycles. The summed E-state index contributed by atoms with van der Waals surface area (Å²) in [7, 11) is 0. The van der Waals surface area contributed by atoms with Crippen LogP contribution in [0.1, 0.15) is 43.4 Å². The predicted molar refractivity (Wildman–Crippen MR) is 82.4 cm³/mol. The molecule has 0 N–H and O–H groups in total. The second kappa shape index (κ2) is 6.84. The molecule has 2 rings (SSSR count). The first-order valence-electron chi connectivity index (χ1n) is 6.24.